The summed E-state index contributed by atoms with van der Waals surface area (Å²) in [6.45, 7) is 1.75. The number of pyridine rings is 1. The normalized spacial score (nSPS) is 25.2. The van der Waals surface area contributed by atoms with Crippen LogP contribution in [0.3, 0.4) is 0 Å². The number of aryl methyl sites for hydroxylation is 1. The van der Waals surface area contributed by atoms with Crippen molar-refractivity contribution in [2.75, 3.05) is 7.05 Å². The molecule has 1 aromatic carbocycles. The summed E-state index contributed by atoms with van der Waals surface area (Å²) >= 11 is 0. The Morgan fingerprint density at radius 2 is 1.97 bits per heavy atom. The highest BCUT2D eigenvalue weighted by atomic mass is 19.1. The molecule has 0 aliphatic carbocycles. The molecule has 0 spiro atoms. The molecule has 0 radical (unpaired) electrons. The van der Waals surface area contributed by atoms with E-state index in [1.54, 1.807) is 19.2 Å². The lowest BCUT2D eigenvalue weighted by molar-refractivity contribution is -0.116. The molecular weight excluding hydrogens is 429 g/mol. The fourth-order valence-electron chi connectivity index (χ4n) is 5.63. The van der Waals surface area contributed by atoms with Crippen LogP contribution in [0.25, 0.3) is 16.8 Å². The van der Waals surface area contributed by atoms with Gasteiger partial charge in [0, 0.05) is 47.1 Å². The molecule has 0 saturated carbocycles. The summed E-state index contributed by atoms with van der Waals surface area (Å²) in [7, 11) is 2.20. The number of amides is 1. The Bertz CT molecular complexity index is 1310. The molecule has 2 fully saturated rings. The molecule has 5 heterocycles. The van der Waals surface area contributed by atoms with Crippen LogP contribution in [0, 0.1) is 12.7 Å². The van der Waals surface area contributed by atoms with Crippen molar-refractivity contribution in [3.05, 3.63) is 71.8 Å². The van der Waals surface area contributed by atoms with E-state index in [2.05, 4.69) is 26.9 Å². The largest absolute Gasteiger partial charge is 0.389 e. The highest BCUT2D eigenvalue weighted by Gasteiger charge is 2.43. The number of hydrogen-bond donors (Lipinski definition) is 1. The average molecular weight is 457 g/mol. The van der Waals surface area contributed by atoms with Gasteiger partial charge in [0.15, 0.2) is 0 Å². The molecule has 2 atom stereocenters. The molecule has 1 amide bonds. The van der Waals surface area contributed by atoms with Gasteiger partial charge in [0.25, 0.3) is 0 Å². The van der Waals surface area contributed by atoms with Gasteiger partial charge in [-0.1, -0.05) is 6.07 Å². The van der Waals surface area contributed by atoms with Crippen LogP contribution in [0.4, 0.5) is 4.39 Å². The summed E-state index contributed by atoms with van der Waals surface area (Å²) in [5.41, 5.74) is 4.05. The maximum atomic E-state index is 13.8. The predicted octanol–water partition coefficient (Wildman–Crippen LogP) is 3.03. The molecule has 4 aliphatic heterocycles. The molecule has 6 nitrogen and oxygen atoms in total. The molecule has 172 valence electrons. The second-order valence-corrected chi connectivity index (χ2v) is 9.64. The number of halogens is 1. The fraction of sp³-hybridized carbons (Fsp3) is 0.333. The molecule has 7 heteroatoms. The molecule has 4 aliphatic rings. The van der Waals surface area contributed by atoms with Gasteiger partial charge in [0.05, 0.1) is 11.9 Å². The zero-order valence-electron chi connectivity index (χ0n) is 19.3. The van der Waals surface area contributed by atoms with Gasteiger partial charge in [-0.25, -0.2) is 9.06 Å². The summed E-state index contributed by atoms with van der Waals surface area (Å²) in [4.78, 5) is 21.9. The summed E-state index contributed by atoms with van der Waals surface area (Å²) in [6.07, 6.45) is 12.0. The predicted molar refractivity (Wildman–Crippen MR) is 131 cm³/mol. The van der Waals surface area contributed by atoms with Crippen LogP contribution in [0.15, 0.2) is 54.9 Å². The fourth-order valence-corrected chi connectivity index (χ4v) is 5.63. The van der Waals surface area contributed by atoms with Crippen LogP contribution in [0.1, 0.15) is 36.8 Å². The number of hydrogen-bond acceptors (Lipinski definition) is 4. The van der Waals surface area contributed by atoms with Gasteiger partial charge < -0.3 is 10.2 Å². The summed E-state index contributed by atoms with van der Waals surface area (Å²) in [5, 5.41) is 3.23. The van der Waals surface area contributed by atoms with E-state index in [4.69, 9.17) is 0 Å². The third-order valence-corrected chi connectivity index (χ3v) is 7.56. The molecule has 2 aromatic rings. The second kappa shape index (κ2) is 8.05. The molecule has 2 unspecified atom stereocenters. The maximum Gasteiger partial charge on any atom is 0.389 e. The van der Waals surface area contributed by atoms with Gasteiger partial charge >= 0.3 is 17.6 Å². The van der Waals surface area contributed by atoms with Gasteiger partial charge in [0.2, 0.25) is 0 Å². The van der Waals surface area contributed by atoms with E-state index in [1.165, 1.54) is 18.9 Å². The number of carbonyl (C=O) groups is 1. The maximum absolute atomic E-state index is 13.8. The van der Waals surface area contributed by atoms with E-state index in [0.717, 1.165) is 41.1 Å². The first-order valence-electron chi connectivity index (χ1n) is 11.9. The number of aromatic nitrogens is 1. The van der Waals surface area contributed by atoms with Crippen molar-refractivity contribution in [2.24, 2.45) is 0 Å². The van der Waals surface area contributed by atoms with Gasteiger partial charge in [-0.05, 0) is 75.6 Å². The van der Waals surface area contributed by atoms with E-state index in [9.17, 15) is 9.18 Å². The van der Waals surface area contributed by atoms with Gasteiger partial charge in [-0.15, -0.1) is 0 Å². The van der Waals surface area contributed by atoms with Crippen molar-refractivity contribution < 1.29 is 9.18 Å². The van der Waals surface area contributed by atoms with Crippen LogP contribution in [-0.2, 0) is 4.79 Å². The van der Waals surface area contributed by atoms with Crippen LogP contribution in [-0.4, -0.2) is 57.5 Å². The van der Waals surface area contributed by atoms with E-state index in [0.29, 0.717) is 23.5 Å². The topological polar surface area (TPSA) is 62.6 Å². The van der Waals surface area contributed by atoms with Crippen molar-refractivity contribution in [1.29, 1.82) is 0 Å². The van der Waals surface area contributed by atoms with Gasteiger partial charge in [-0.3, -0.25) is 9.78 Å². The SMILES string of the molecule is Cc1cc(-c2ncccc2C2=CN3C(=[N+]=C3C(=O)NC3CC4CCC(C3)N4C)C=C2)ccc1F. The van der Waals surface area contributed by atoms with Crippen molar-refractivity contribution in [3.8, 4) is 11.3 Å². The van der Waals surface area contributed by atoms with E-state index in [1.807, 2.05) is 41.5 Å². The quantitative estimate of drug-likeness (QED) is 0.719. The Hall–Kier alpha value is -3.54. The van der Waals surface area contributed by atoms with Crippen LogP contribution >= 0.6 is 0 Å². The zero-order valence-corrected chi connectivity index (χ0v) is 19.3. The van der Waals surface area contributed by atoms with Crippen LogP contribution in [0.5, 0.6) is 0 Å². The Kier molecular flexibility index (Phi) is 4.97. The molecule has 34 heavy (non-hydrogen) atoms. The van der Waals surface area contributed by atoms with E-state index < -0.39 is 0 Å². The van der Waals surface area contributed by atoms with Gasteiger partial charge in [0.1, 0.15) is 5.82 Å². The van der Waals surface area contributed by atoms with Crippen molar-refractivity contribution in [1.82, 2.24) is 24.8 Å². The monoisotopic (exact) mass is 456 g/mol. The number of amidine groups is 2. The summed E-state index contributed by atoms with van der Waals surface area (Å²) in [5.74, 6) is 0.818. The van der Waals surface area contributed by atoms with Crippen molar-refractivity contribution in [3.63, 3.8) is 0 Å². The highest BCUT2D eigenvalue weighted by molar-refractivity contribution is 6.45. The lowest BCUT2D eigenvalue weighted by Crippen LogP contribution is -2.56. The number of allylic oxidation sites excluding steroid dienone is 2. The van der Waals surface area contributed by atoms with Crippen molar-refractivity contribution >= 4 is 23.2 Å². The Balaban J connectivity index is 1.23. The Labute approximate surface area is 198 Å². The molecule has 2 bridgehead atoms. The first-order valence-corrected chi connectivity index (χ1v) is 11.9. The average Bonchev–Trinajstić information content (AvgIpc) is 3.02. The minimum absolute atomic E-state index is 0.121. The molecular formula is C27H27FN5O+. The zero-order chi connectivity index (χ0) is 23.4. The first kappa shape index (κ1) is 21.0. The lowest BCUT2D eigenvalue weighted by atomic mass is 9.96. The third-order valence-electron chi connectivity index (χ3n) is 7.56. The number of benzene rings is 1. The standard InChI is InChI=1S/C27H26FN5O/c1-16-12-17(5-9-23(16)28)25-22(4-3-11-29-25)18-6-10-24-31-26(33(24)15-18)27(34)30-19-13-20-7-8-21(14-19)32(20)2/h3-6,9-12,15,19-21H,7-8,13-14H2,1-2H3/p+1. The second-order valence-electron chi connectivity index (χ2n) is 9.64. The van der Waals surface area contributed by atoms with Crippen LogP contribution < -0.4 is 9.98 Å². The van der Waals surface area contributed by atoms with Gasteiger partial charge in [-0.2, -0.15) is 4.90 Å². The smallest absolute Gasteiger partial charge is 0.343 e. The Morgan fingerprint density at radius 1 is 1.18 bits per heavy atom. The number of piperidine rings is 1. The molecule has 2 saturated heterocycles. The lowest BCUT2D eigenvalue weighted by Gasteiger charge is -2.36. The van der Waals surface area contributed by atoms with E-state index in [-0.39, 0.29) is 17.8 Å². The highest BCUT2D eigenvalue weighted by Crippen LogP contribution is 2.34. The number of nitrogens with one attached hydrogen (secondary N) is 1. The molecule has 6 rings (SSSR count). The van der Waals surface area contributed by atoms with Crippen LogP contribution in [0.2, 0.25) is 0 Å². The minimum atomic E-state index is -0.234. The van der Waals surface area contributed by atoms with E-state index >= 15 is 0 Å². The number of nitrogens with zero attached hydrogens (tertiary/aromatic N) is 4. The van der Waals surface area contributed by atoms with Crippen molar-refractivity contribution in [2.45, 2.75) is 50.7 Å². The number of rotatable bonds is 4. The Morgan fingerprint density at radius 3 is 2.74 bits per heavy atom. The number of carbonyl (C=O) groups excluding carboxylic acids is 1. The first-order chi connectivity index (χ1) is 16.5. The molecule has 1 N–H and O–H groups in total. The molecule has 1 aromatic heterocycles. The third kappa shape index (κ3) is 3.49. The number of fused-ring (bicyclic) bond motifs is 3. The summed E-state index contributed by atoms with van der Waals surface area (Å²) < 4.78 is 18.3. The minimum Gasteiger partial charge on any atom is -0.343 e. The summed E-state index contributed by atoms with van der Waals surface area (Å²) in [6, 6.07) is 10.2.